The fourth-order valence-corrected chi connectivity index (χ4v) is 12.2. The predicted molar refractivity (Wildman–Crippen MR) is 292 cm³/mol. The van der Waals surface area contributed by atoms with Crippen molar-refractivity contribution in [1.29, 1.82) is 0 Å². The molecule has 0 saturated heterocycles. The van der Waals surface area contributed by atoms with Crippen LogP contribution in [0.5, 0.6) is 0 Å². The average Bonchev–Trinajstić information content (AvgIpc) is 4.16. The third-order valence-corrected chi connectivity index (χ3v) is 15.4. The molecule has 324 valence electrons. The molecule has 7 heteroatoms. The van der Waals surface area contributed by atoms with Gasteiger partial charge in [0.1, 0.15) is 5.01 Å². The van der Waals surface area contributed by atoms with Crippen molar-refractivity contribution in [2.45, 2.75) is 0 Å². The Labute approximate surface area is 406 Å². The molecule has 4 heterocycles. The number of para-hydroxylation sites is 3. The van der Waals surface area contributed by atoms with Gasteiger partial charge >= 0.3 is 0 Å². The first-order valence-electron chi connectivity index (χ1n) is 23.1. The number of hydrogen-bond donors (Lipinski definition) is 0. The highest BCUT2D eigenvalue weighted by Gasteiger charge is 2.32. The molecule has 3 aromatic heterocycles. The van der Waals surface area contributed by atoms with Gasteiger partial charge in [-0.1, -0.05) is 140 Å². The maximum Gasteiger partial charge on any atom is 0.173 e. The van der Waals surface area contributed by atoms with Crippen LogP contribution in [-0.2, 0) is 0 Å². The molecule has 5 nitrogen and oxygen atoms in total. The second kappa shape index (κ2) is 16.0. The van der Waals surface area contributed by atoms with Crippen molar-refractivity contribution in [2.75, 3.05) is 9.80 Å². The Morgan fingerprint density at radius 3 is 1.62 bits per heavy atom. The van der Waals surface area contributed by atoms with E-state index >= 15 is 0 Å². The lowest BCUT2D eigenvalue weighted by Crippen LogP contribution is -2.24. The van der Waals surface area contributed by atoms with Crippen molar-refractivity contribution in [3.05, 3.63) is 237 Å². The van der Waals surface area contributed by atoms with E-state index in [0.717, 1.165) is 67.2 Å². The number of rotatable bonds is 7. The minimum atomic E-state index is 0.717. The summed E-state index contributed by atoms with van der Waals surface area (Å²) in [4.78, 5) is 10.1. The van der Waals surface area contributed by atoms with E-state index in [9.17, 15) is 0 Å². The van der Waals surface area contributed by atoms with Crippen molar-refractivity contribution >= 4 is 99.0 Å². The van der Waals surface area contributed by atoms with Crippen LogP contribution in [0.15, 0.2) is 237 Å². The first kappa shape index (κ1) is 39.5. The number of anilines is 6. The van der Waals surface area contributed by atoms with E-state index in [1.165, 1.54) is 70.4 Å². The Bertz CT molecular complexity index is 4110. The lowest BCUT2D eigenvalue weighted by atomic mass is 10.00. The van der Waals surface area contributed by atoms with Crippen molar-refractivity contribution < 1.29 is 0 Å². The van der Waals surface area contributed by atoms with Gasteiger partial charge in [0.15, 0.2) is 5.82 Å². The third kappa shape index (κ3) is 6.50. The van der Waals surface area contributed by atoms with Gasteiger partial charge in [0.05, 0.1) is 39.5 Å². The first-order chi connectivity index (χ1) is 34.2. The molecular weight excluding hydrogens is 879 g/mol. The molecule has 69 heavy (non-hydrogen) atoms. The van der Waals surface area contributed by atoms with E-state index in [1.54, 1.807) is 0 Å². The highest BCUT2D eigenvalue weighted by Crippen LogP contribution is 2.55. The Hall–Kier alpha value is -8.62. The number of thiophene rings is 1. The van der Waals surface area contributed by atoms with E-state index in [1.807, 2.05) is 11.3 Å². The molecule has 1 aliphatic heterocycles. The van der Waals surface area contributed by atoms with E-state index in [2.05, 4.69) is 251 Å². The van der Waals surface area contributed by atoms with Gasteiger partial charge in [0.2, 0.25) is 0 Å². The molecule has 0 saturated carbocycles. The van der Waals surface area contributed by atoms with Gasteiger partial charge < -0.3 is 14.4 Å². The van der Waals surface area contributed by atoms with Gasteiger partial charge in [-0.3, -0.25) is 0 Å². The van der Waals surface area contributed by atoms with Crippen LogP contribution in [0.25, 0.3) is 91.9 Å². The molecule has 1 aliphatic rings. The molecule has 0 spiro atoms. The summed E-state index contributed by atoms with van der Waals surface area (Å²) < 4.78 is 10.1. The van der Waals surface area contributed by atoms with Crippen LogP contribution >= 0.6 is 22.9 Å². The van der Waals surface area contributed by atoms with E-state index in [4.69, 9.17) is 9.36 Å². The zero-order chi connectivity index (χ0) is 45.4. The van der Waals surface area contributed by atoms with Crippen molar-refractivity contribution in [1.82, 2.24) is 13.9 Å². The summed E-state index contributed by atoms with van der Waals surface area (Å²) in [6.07, 6.45) is 0. The molecule has 0 radical (unpaired) electrons. The van der Waals surface area contributed by atoms with Crippen molar-refractivity contribution in [3.8, 4) is 49.9 Å². The topological polar surface area (TPSA) is 37.2 Å². The molecular formula is C62H39N5S2. The van der Waals surface area contributed by atoms with Crippen LogP contribution in [0, 0.1) is 0 Å². The fourth-order valence-electron chi connectivity index (χ4n) is 10.4. The van der Waals surface area contributed by atoms with Crippen LogP contribution in [-0.4, -0.2) is 13.9 Å². The Balaban J connectivity index is 0.901. The summed E-state index contributed by atoms with van der Waals surface area (Å²) in [6.45, 7) is 0. The summed E-state index contributed by atoms with van der Waals surface area (Å²) in [6, 6.07) is 85.3. The SMILES string of the molecule is c1ccc(-c2cccc(N3c4ccccc4N(c4cccc(-c5ccccc5)c4)c4cc(-c5nc(-c6ccc7c(c6)c6ccccc6n7-c6cccc7sc8ccccc8c67)ns5)ccc43)c2)cc1. The molecule has 13 aromatic rings. The number of benzene rings is 10. The Morgan fingerprint density at radius 2 is 0.884 bits per heavy atom. The maximum absolute atomic E-state index is 5.31. The van der Waals surface area contributed by atoms with E-state index in [0.29, 0.717) is 0 Å². The van der Waals surface area contributed by atoms with Crippen molar-refractivity contribution in [2.24, 2.45) is 0 Å². The second-order valence-corrected chi connectivity index (χ2v) is 19.3. The average molecular weight is 918 g/mol. The van der Waals surface area contributed by atoms with Gasteiger partial charge in [-0.05, 0) is 131 Å². The molecule has 0 atom stereocenters. The molecule has 0 aliphatic carbocycles. The summed E-state index contributed by atoms with van der Waals surface area (Å²) in [5, 5.41) is 5.81. The number of hydrogen-bond acceptors (Lipinski definition) is 6. The quantitative estimate of drug-likeness (QED) is 0.160. The lowest BCUT2D eigenvalue weighted by Gasteiger charge is -2.40. The zero-order valence-corrected chi connectivity index (χ0v) is 38.7. The van der Waals surface area contributed by atoms with Crippen LogP contribution in [0.1, 0.15) is 0 Å². The number of nitrogens with zero attached hydrogens (tertiary/aromatic N) is 5. The van der Waals surface area contributed by atoms with Crippen LogP contribution in [0.3, 0.4) is 0 Å². The summed E-state index contributed by atoms with van der Waals surface area (Å²) >= 11 is 3.30. The number of fused-ring (bicyclic) bond motifs is 8. The zero-order valence-electron chi connectivity index (χ0n) is 37.1. The minimum absolute atomic E-state index is 0.717. The molecule has 14 rings (SSSR count). The van der Waals surface area contributed by atoms with Gasteiger partial charge in [-0.25, -0.2) is 4.98 Å². The fraction of sp³-hybridized carbons (Fsp3) is 0. The molecule has 10 aromatic carbocycles. The summed E-state index contributed by atoms with van der Waals surface area (Å²) in [5.41, 5.74) is 16.7. The Kier molecular flexibility index (Phi) is 9.18. The Morgan fingerprint density at radius 1 is 0.333 bits per heavy atom. The van der Waals surface area contributed by atoms with Gasteiger partial charge in [-0.2, -0.15) is 4.37 Å². The highest BCUT2D eigenvalue weighted by molar-refractivity contribution is 7.25. The monoisotopic (exact) mass is 917 g/mol. The highest BCUT2D eigenvalue weighted by atomic mass is 32.1. The molecule has 0 fully saturated rings. The predicted octanol–water partition coefficient (Wildman–Crippen LogP) is 17.9. The standard InChI is InChI=1S/C62H39N5S2/c1-3-16-40(17-4-1)42-20-13-22-46(36-42)65-53-27-10-11-28-54(53)66(47-23-14-21-43(37-47)41-18-5-2-6-19-41)57-39-45(33-35-55(57)65)62-63-61(64-69-62)44-32-34-52-50(38-44)48-24-7-9-26-51(48)67(52)56-29-15-31-59-60(56)49-25-8-12-30-58(49)68-59/h1-39H. The first-order valence-corrected chi connectivity index (χ1v) is 24.7. The van der Waals surface area contributed by atoms with Crippen molar-refractivity contribution in [3.63, 3.8) is 0 Å². The van der Waals surface area contributed by atoms with Gasteiger partial charge in [-0.15, -0.1) is 11.3 Å². The van der Waals surface area contributed by atoms with Crippen LogP contribution < -0.4 is 9.80 Å². The molecule has 0 amide bonds. The van der Waals surface area contributed by atoms with Gasteiger partial charge in [0.25, 0.3) is 0 Å². The van der Waals surface area contributed by atoms with E-state index < -0.39 is 0 Å². The number of aromatic nitrogens is 3. The molecule has 0 N–H and O–H groups in total. The maximum atomic E-state index is 5.31. The smallest absolute Gasteiger partial charge is 0.173 e. The normalized spacial score (nSPS) is 12.3. The van der Waals surface area contributed by atoms with Gasteiger partial charge in [0, 0.05) is 53.4 Å². The van der Waals surface area contributed by atoms with Crippen LogP contribution in [0.2, 0.25) is 0 Å². The third-order valence-electron chi connectivity index (χ3n) is 13.5. The summed E-state index contributed by atoms with van der Waals surface area (Å²) in [7, 11) is 0. The van der Waals surface area contributed by atoms with E-state index in [-0.39, 0.29) is 0 Å². The lowest BCUT2D eigenvalue weighted by molar-refractivity contribution is 1.17. The molecule has 0 unspecified atom stereocenters. The second-order valence-electron chi connectivity index (χ2n) is 17.5. The minimum Gasteiger partial charge on any atom is -0.309 e. The summed E-state index contributed by atoms with van der Waals surface area (Å²) in [5.74, 6) is 0.717. The largest absolute Gasteiger partial charge is 0.309 e. The molecule has 0 bridgehead atoms. The van der Waals surface area contributed by atoms with Crippen LogP contribution in [0.4, 0.5) is 34.1 Å².